The highest BCUT2D eigenvalue weighted by molar-refractivity contribution is 7.86. The molecule has 0 spiro atoms. The van der Waals surface area contributed by atoms with Gasteiger partial charge in [-0.2, -0.15) is 8.42 Å². The first-order valence-electron chi connectivity index (χ1n) is 5.63. The van der Waals surface area contributed by atoms with Crippen LogP contribution in [0.5, 0.6) is 0 Å². The third-order valence-electron chi connectivity index (χ3n) is 2.39. The molecular weight excluding hydrogens is 296 g/mol. The minimum Gasteiger partial charge on any atom is -0.478 e. The van der Waals surface area contributed by atoms with Crippen LogP contribution in [0.1, 0.15) is 10.4 Å². The molecule has 0 bridgehead atoms. The van der Waals surface area contributed by atoms with Gasteiger partial charge in [0.05, 0.1) is 11.3 Å². The number of hydrogen-bond donors (Lipinski definition) is 4. The van der Waals surface area contributed by atoms with Crippen LogP contribution in [0.3, 0.4) is 0 Å². The van der Waals surface area contributed by atoms with Crippen molar-refractivity contribution in [1.29, 1.82) is 0 Å². The molecule has 0 radical (unpaired) electrons. The highest BCUT2D eigenvalue weighted by Gasteiger charge is 2.11. The Labute approximate surface area is 121 Å². The van der Waals surface area contributed by atoms with Crippen LogP contribution < -0.4 is 11.5 Å². The molecule has 0 aliphatic heterocycles. The van der Waals surface area contributed by atoms with Crippen molar-refractivity contribution in [3.63, 3.8) is 0 Å². The lowest BCUT2D eigenvalue weighted by Crippen LogP contribution is -2.01. The van der Waals surface area contributed by atoms with Gasteiger partial charge in [-0.25, -0.2) is 4.79 Å². The normalized spacial score (nSPS) is 10.3. The third-order valence-corrected chi connectivity index (χ3v) is 3.32. The van der Waals surface area contributed by atoms with E-state index in [9.17, 15) is 13.2 Å². The summed E-state index contributed by atoms with van der Waals surface area (Å²) in [5.74, 6) is -0.988. The molecule has 7 nitrogen and oxygen atoms in total. The molecule has 8 heteroatoms. The Kier molecular flexibility index (Phi) is 5.28. The lowest BCUT2D eigenvalue weighted by atomic mass is 10.2. The van der Waals surface area contributed by atoms with Crippen LogP contribution in [0.25, 0.3) is 0 Å². The monoisotopic (exact) mass is 310 g/mol. The van der Waals surface area contributed by atoms with Gasteiger partial charge in [0.25, 0.3) is 10.1 Å². The van der Waals surface area contributed by atoms with Crippen molar-refractivity contribution in [3.8, 4) is 0 Å². The molecule has 0 saturated heterocycles. The predicted octanol–water partition coefficient (Wildman–Crippen LogP) is 1.48. The third kappa shape index (κ3) is 4.79. The van der Waals surface area contributed by atoms with Crippen molar-refractivity contribution >= 4 is 27.5 Å². The summed E-state index contributed by atoms with van der Waals surface area (Å²) >= 11 is 0. The first-order valence-corrected chi connectivity index (χ1v) is 7.07. The van der Waals surface area contributed by atoms with Gasteiger partial charge in [-0.3, -0.25) is 4.55 Å². The van der Waals surface area contributed by atoms with E-state index in [0.717, 1.165) is 0 Å². The van der Waals surface area contributed by atoms with E-state index in [1.807, 2.05) is 0 Å². The van der Waals surface area contributed by atoms with E-state index < -0.39 is 16.1 Å². The number of nitrogens with two attached hydrogens (primary N) is 2. The molecule has 0 aliphatic carbocycles. The second-order valence-corrected chi connectivity index (χ2v) is 5.30. The number of anilines is 2. The van der Waals surface area contributed by atoms with E-state index in [1.54, 1.807) is 24.3 Å². The maximum atomic E-state index is 10.5. The molecule has 0 heterocycles. The number of aromatic carboxylic acids is 1. The number of nitrogen functional groups attached to an aromatic ring is 2. The summed E-state index contributed by atoms with van der Waals surface area (Å²) in [6.07, 6.45) is 0. The molecule has 0 fully saturated rings. The van der Waals surface area contributed by atoms with Gasteiger partial charge in [0.1, 0.15) is 4.90 Å². The largest absolute Gasteiger partial charge is 0.478 e. The minimum atomic E-state index is -4.16. The summed E-state index contributed by atoms with van der Waals surface area (Å²) in [4.78, 5) is 10.1. The number of carbonyl (C=O) groups is 1. The number of hydrogen-bond acceptors (Lipinski definition) is 5. The van der Waals surface area contributed by atoms with Crippen LogP contribution in [-0.2, 0) is 10.1 Å². The second-order valence-electron chi connectivity index (χ2n) is 3.91. The first kappa shape index (κ1) is 16.5. The number of carboxylic acids is 1. The fourth-order valence-electron chi connectivity index (χ4n) is 1.41. The average molecular weight is 310 g/mol. The molecule has 112 valence electrons. The van der Waals surface area contributed by atoms with Crippen molar-refractivity contribution in [2.75, 3.05) is 11.5 Å². The molecule has 2 rings (SSSR count). The van der Waals surface area contributed by atoms with Crippen molar-refractivity contribution in [1.82, 2.24) is 0 Å². The number of para-hydroxylation sites is 2. The van der Waals surface area contributed by atoms with E-state index in [-0.39, 0.29) is 16.1 Å². The molecule has 0 saturated carbocycles. The number of rotatable bonds is 2. The SMILES string of the molecule is Nc1ccccc1C(=O)O.Nc1ccccc1S(=O)(=O)O. The van der Waals surface area contributed by atoms with Crippen LogP contribution in [0.2, 0.25) is 0 Å². The van der Waals surface area contributed by atoms with Crippen LogP contribution in [0.15, 0.2) is 53.4 Å². The lowest BCUT2D eigenvalue weighted by Gasteiger charge is -1.98. The molecule has 0 aromatic heterocycles. The minimum absolute atomic E-state index is 0.0509. The molecular formula is C13H14N2O5S. The molecule has 0 atom stereocenters. The fourth-order valence-corrected chi connectivity index (χ4v) is 2.02. The van der Waals surface area contributed by atoms with Gasteiger partial charge in [-0.1, -0.05) is 24.3 Å². The quantitative estimate of drug-likeness (QED) is 0.485. The molecule has 6 N–H and O–H groups in total. The average Bonchev–Trinajstić information content (AvgIpc) is 2.39. The zero-order chi connectivity index (χ0) is 16.0. The molecule has 0 unspecified atom stereocenters. The lowest BCUT2D eigenvalue weighted by molar-refractivity contribution is 0.0698. The van der Waals surface area contributed by atoms with Crippen molar-refractivity contribution in [3.05, 3.63) is 54.1 Å². The molecule has 0 aliphatic rings. The summed E-state index contributed by atoms with van der Waals surface area (Å²) in [7, 11) is -4.16. The zero-order valence-electron chi connectivity index (χ0n) is 10.8. The van der Waals surface area contributed by atoms with Gasteiger partial charge in [-0.15, -0.1) is 0 Å². The predicted molar refractivity (Wildman–Crippen MR) is 78.5 cm³/mol. The van der Waals surface area contributed by atoms with E-state index in [4.69, 9.17) is 21.1 Å². The van der Waals surface area contributed by atoms with Crippen molar-refractivity contribution < 1.29 is 22.9 Å². The summed E-state index contributed by atoms with van der Waals surface area (Å²) in [6.45, 7) is 0. The number of benzene rings is 2. The first-order chi connectivity index (χ1) is 9.73. The summed E-state index contributed by atoms with van der Waals surface area (Å²) in [5, 5.41) is 8.49. The second kappa shape index (κ2) is 6.73. The highest BCUT2D eigenvalue weighted by Crippen LogP contribution is 2.15. The smallest absolute Gasteiger partial charge is 0.337 e. The topological polar surface area (TPSA) is 144 Å². The zero-order valence-corrected chi connectivity index (χ0v) is 11.6. The van der Waals surface area contributed by atoms with E-state index >= 15 is 0 Å². The standard InChI is InChI=1S/C7H7NO2.C6H7NO3S/c8-6-4-2-1-3-5(6)7(9)10;7-5-3-1-2-4-6(5)11(8,9)10/h1-4H,8H2,(H,9,10);1-4H,7H2,(H,8,9,10). The Bertz CT molecular complexity index is 744. The van der Waals surface area contributed by atoms with Crippen LogP contribution in [0.4, 0.5) is 11.4 Å². The molecule has 2 aromatic rings. The van der Waals surface area contributed by atoms with Crippen LogP contribution >= 0.6 is 0 Å². The van der Waals surface area contributed by atoms with Gasteiger partial charge in [0.15, 0.2) is 0 Å². The Hall–Kier alpha value is -2.58. The van der Waals surface area contributed by atoms with E-state index in [0.29, 0.717) is 5.69 Å². The van der Waals surface area contributed by atoms with E-state index in [1.165, 1.54) is 24.3 Å². The fraction of sp³-hybridized carbons (Fsp3) is 0. The Balaban J connectivity index is 0.000000211. The maximum absolute atomic E-state index is 10.5. The summed E-state index contributed by atoms with van der Waals surface area (Å²) < 4.78 is 29.6. The van der Waals surface area contributed by atoms with Crippen molar-refractivity contribution in [2.45, 2.75) is 4.90 Å². The Morgan fingerprint density at radius 1 is 0.905 bits per heavy atom. The van der Waals surface area contributed by atoms with Gasteiger partial charge in [0, 0.05) is 5.69 Å². The van der Waals surface area contributed by atoms with Gasteiger partial charge < -0.3 is 16.6 Å². The Morgan fingerprint density at radius 3 is 1.71 bits per heavy atom. The summed E-state index contributed by atoms with van der Waals surface area (Å²) in [6, 6.07) is 12.1. The van der Waals surface area contributed by atoms with Gasteiger partial charge in [0.2, 0.25) is 0 Å². The van der Waals surface area contributed by atoms with Crippen LogP contribution in [0, 0.1) is 0 Å². The Morgan fingerprint density at radius 2 is 1.38 bits per heavy atom. The molecule has 21 heavy (non-hydrogen) atoms. The van der Waals surface area contributed by atoms with E-state index in [2.05, 4.69) is 0 Å². The van der Waals surface area contributed by atoms with Crippen molar-refractivity contribution in [2.24, 2.45) is 0 Å². The van der Waals surface area contributed by atoms with Gasteiger partial charge >= 0.3 is 5.97 Å². The highest BCUT2D eigenvalue weighted by atomic mass is 32.2. The van der Waals surface area contributed by atoms with Crippen LogP contribution in [-0.4, -0.2) is 24.0 Å². The number of carboxylic acid groups (broad SMARTS) is 1. The molecule has 2 aromatic carbocycles. The summed E-state index contributed by atoms with van der Waals surface area (Å²) in [5.41, 5.74) is 11.1. The van der Waals surface area contributed by atoms with Gasteiger partial charge in [-0.05, 0) is 24.3 Å². The molecule has 0 amide bonds. The maximum Gasteiger partial charge on any atom is 0.337 e.